The van der Waals surface area contributed by atoms with Gasteiger partial charge in [-0.25, -0.2) is 0 Å². The van der Waals surface area contributed by atoms with Crippen LogP contribution >= 0.6 is 0 Å². The van der Waals surface area contributed by atoms with Crippen LogP contribution in [0.3, 0.4) is 0 Å². The van der Waals surface area contributed by atoms with Crippen molar-refractivity contribution in [2.45, 2.75) is 39.2 Å². The van der Waals surface area contributed by atoms with Gasteiger partial charge in [0.2, 0.25) is 5.91 Å². The second-order valence-corrected chi connectivity index (χ2v) is 4.33. The van der Waals surface area contributed by atoms with Crippen LogP contribution in [-0.2, 0) is 9.59 Å². The van der Waals surface area contributed by atoms with Crippen LogP contribution in [0.2, 0.25) is 0 Å². The van der Waals surface area contributed by atoms with E-state index in [4.69, 9.17) is 5.73 Å². The summed E-state index contributed by atoms with van der Waals surface area (Å²) in [5.41, 5.74) is 5.53. The van der Waals surface area contributed by atoms with Crippen molar-refractivity contribution in [3.05, 3.63) is 0 Å². The number of ketones is 1. The molecule has 4 nitrogen and oxygen atoms in total. The zero-order valence-electron chi connectivity index (χ0n) is 9.53. The second-order valence-electron chi connectivity index (χ2n) is 4.33. The Balaban J connectivity index is 2.61. The van der Waals surface area contributed by atoms with Crippen molar-refractivity contribution in [2.75, 3.05) is 13.1 Å². The van der Waals surface area contributed by atoms with Gasteiger partial charge in [0.1, 0.15) is 6.04 Å². The molecule has 1 unspecified atom stereocenters. The average Bonchev–Trinajstić information content (AvgIpc) is 2.07. The van der Waals surface area contributed by atoms with Gasteiger partial charge in [-0.1, -0.05) is 6.42 Å². The topological polar surface area (TPSA) is 63.4 Å². The van der Waals surface area contributed by atoms with Gasteiger partial charge in [-0.15, -0.1) is 0 Å². The van der Waals surface area contributed by atoms with Crippen molar-refractivity contribution in [1.82, 2.24) is 4.90 Å². The SMILES string of the molecule is CC(=O)C(CN)N(CC1CCC1)C(C)=O. The zero-order valence-corrected chi connectivity index (χ0v) is 9.53. The number of carbonyl (C=O) groups is 2. The quantitative estimate of drug-likeness (QED) is 0.724. The molecular weight excluding hydrogens is 192 g/mol. The van der Waals surface area contributed by atoms with Crippen LogP contribution in [0, 0.1) is 5.92 Å². The van der Waals surface area contributed by atoms with Crippen LogP contribution in [0.4, 0.5) is 0 Å². The standard InChI is InChI=1S/C11H20N2O2/c1-8(14)11(6-12)13(9(2)15)7-10-4-3-5-10/h10-11H,3-7,12H2,1-2H3. The summed E-state index contributed by atoms with van der Waals surface area (Å²) in [7, 11) is 0. The van der Waals surface area contributed by atoms with E-state index in [1.54, 1.807) is 4.90 Å². The Morgan fingerprint density at radius 1 is 1.40 bits per heavy atom. The van der Waals surface area contributed by atoms with Gasteiger partial charge in [0.05, 0.1) is 0 Å². The molecule has 2 N–H and O–H groups in total. The fourth-order valence-electron chi connectivity index (χ4n) is 1.94. The maximum absolute atomic E-state index is 11.4. The molecule has 0 aromatic rings. The van der Waals surface area contributed by atoms with Crippen molar-refractivity contribution in [3.8, 4) is 0 Å². The van der Waals surface area contributed by atoms with Crippen molar-refractivity contribution >= 4 is 11.7 Å². The number of carbonyl (C=O) groups excluding carboxylic acids is 2. The molecule has 15 heavy (non-hydrogen) atoms. The van der Waals surface area contributed by atoms with Crippen molar-refractivity contribution in [2.24, 2.45) is 11.7 Å². The highest BCUT2D eigenvalue weighted by molar-refractivity contribution is 5.86. The molecule has 1 aliphatic rings. The van der Waals surface area contributed by atoms with Gasteiger partial charge < -0.3 is 10.6 Å². The highest BCUT2D eigenvalue weighted by atomic mass is 16.2. The Bertz CT molecular complexity index is 249. The lowest BCUT2D eigenvalue weighted by atomic mass is 9.84. The summed E-state index contributed by atoms with van der Waals surface area (Å²) in [6, 6.07) is -0.428. The molecule has 0 aromatic heterocycles. The molecule has 0 aliphatic heterocycles. The summed E-state index contributed by atoms with van der Waals surface area (Å²) in [5.74, 6) is 0.502. The molecule has 1 saturated carbocycles. The van der Waals surface area contributed by atoms with Crippen LogP contribution < -0.4 is 5.73 Å². The molecule has 0 spiro atoms. The van der Waals surface area contributed by atoms with E-state index in [1.165, 1.54) is 33.1 Å². The maximum Gasteiger partial charge on any atom is 0.220 e. The Morgan fingerprint density at radius 2 is 2.00 bits per heavy atom. The first-order valence-electron chi connectivity index (χ1n) is 5.54. The average molecular weight is 212 g/mol. The minimum Gasteiger partial charge on any atom is -0.331 e. The summed E-state index contributed by atoms with van der Waals surface area (Å²) < 4.78 is 0. The Morgan fingerprint density at radius 3 is 2.27 bits per heavy atom. The largest absolute Gasteiger partial charge is 0.331 e. The van der Waals surface area contributed by atoms with Gasteiger partial charge in [0.15, 0.2) is 5.78 Å². The molecule has 86 valence electrons. The molecule has 4 heteroatoms. The lowest BCUT2D eigenvalue weighted by Gasteiger charge is -2.35. The van der Waals surface area contributed by atoms with Crippen LogP contribution in [0.25, 0.3) is 0 Å². The number of Topliss-reactive ketones (excluding diaryl/α,β-unsaturated/α-hetero) is 1. The fraction of sp³-hybridized carbons (Fsp3) is 0.818. The monoisotopic (exact) mass is 212 g/mol. The van der Waals surface area contributed by atoms with E-state index in [1.807, 2.05) is 0 Å². The number of hydrogen-bond donors (Lipinski definition) is 1. The normalized spacial score (nSPS) is 18.1. The molecule has 1 rings (SSSR count). The Kier molecular flexibility index (Phi) is 4.27. The van der Waals surface area contributed by atoms with Gasteiger partial charge in [-0.2, -0.15) is 0 Å². The van der Waals surface area contributed by atoms with E-state index in [9.17, 15) is 9.59 Å². The summed E-state index contributed by atoms with van der Waals surface area (Å²) in [4.78, 5) is 24.4. The van der Waals surface area contributed by atoms with Gasteiger partial charge in [-0.05, 0) is 25.7 Å². The highest BCUT2D eigenvalue weighted by Gasteiger charge is 2.28. The van der Waals surface area contributed by atoms with E-state index in [0.29, 0.717) is 12.5 Å². The van der Waals surface area contributed by atoms with E-state index in [2.05, 4.69) is 0 Å². The predicted molar refractivity (Wildman–Crippen MR) is 58.3 cm³/mol. The smallest absolute Gasteiger partial charge is 0.220 e. The van der Waals surface area contributed by atoms with Crippen molar-refractivity contribution in [3.63, 3.8) is 0 Å². The van der Waals surface area contributed by atoms with Gasteiger partial charge in [0, 0.05) is 20.0 Å². The van der Waals surface area contributed by atoms with Crippen molar-refractivity contribution in [1.29, 1.82) is 0 Å². The first kappa shape index (κ1) is 12.2. The number of nitrogens with two attached hydrogens (primary N) is 1. The number of hydrogen-bond acceptors (Lipinski definition) is 3. The highest BCUT2D eigenvalue weighted by Crippen LogP contribution is 2.27. The molecular formula is C11H20N2O2. The van der Waals surface area contributed by atoms with E-state index < -0.39 is 6.04 Å². The lowest BCUT2D eigenvalue weighted by Crippen LogP contribution is -2.50. The molecule has 1 aliphatic carbocycles. The third-order valence-corrected chi connectivity index (χ3v) is 3.15. The summed E-state index contributed by atoms with van der Waals surface area (Å²) in [6.45, 7) is 3.91. The summed E-state index contributed by atoms with van der Waals surface area (Å²) >= 11 is 0. The number of amides is 1. The molecule has 1 atom stereocenters. The number of rotatable bonds is 5. The van der Waals surface area contributed by atoms with Crippen molar-refractivity contribution < 1.29 is 9.59 Å². The Hall–Kier alpha value is -0.900. The molecule has 0 saturated heterocycles. The predicted octanol–water partition coefficient (Wildman–Crippen LogP) is 0.551. The molecule has 1 amide bonds. The molecule has 0 aromatic carbocycles. The van der Waals surface area contributed by atoms with Crippen LogP contribution in [0.15, 0.2) is 0 Å². The molecule has 0 bridgehead atoms. The first-order chi connectivity index (χ1) is 7.06. The van der Waals surface area contributed by atoms with Gasteiger partial charge in [0.25, 0.3) is 0 Å². The Labute approximate surface area is 90.8 Å². The second kappa shape index (κ2) is 5.26. The van der Waals surface area contributed by atoms with Crippen LogP contribution in [0.5, 0.6) is 0 Å². The van der Waals surface area contributed by atoms with E-state index >= 15 is 0 Å². The van der Waals surface area contributed by atoms with E-state index in [-0.39, 0.29) is 18.2 Å². The molecule has 0 radical (unpaired) electrons. The summed E-state index contributed by atoms with van der Waals surface area (Å²) in [5, 5.41) is 0. The third-order valence-electron chi connectivity index (χ3n) is 3.15. The third kappa shape index (κ3) is 3.02. The minimum atomic E-state index is -0.428. The summed E-state index contributed by atoms with van der Waals surface area (Å²) in [6.07, 6.45) is 3.57. The van der Waals surface area contributed by atoms with Crippen LogP contribution in [0.1, 0.15) is 33.1 Å². The molecule has 1 fully saturated rings. The first-order valence-corrected chi connectivity index (χ1v) is 5.54. The molecule has 0 heterocycles. The van der Waals surface area contributed by atoms with Gasteiger partial charge in [-0.3, -0.25) is 9.59 Å². The fourth-order valence-corrected chi connectivity index (χ4v) is 1.94. The van der Waals surface area contributed by atoms with Gasteiger partial charge >= 0.3 is 0 Å². The van der Waals surface area contributed by atoms with Crippen LogP contribution in [-0.4, -0.2) is 35.7 Å². The van der Waals surface area contributed by atoms with E-state index in [0.717, 1.165) is 0 Å². The zero-order chi connectivity index (χ0) is 11.4. The minimum absolute atomic E-state index is 0.0213. The maximum atomic E-state index is 11.4. The lowest BCUT2D eigenvalue weighted by molar-refractivity contribution is -0.138. The number of nitrogens with zero attached hydrogens (tertiary/aromatic N) is 1.